The second kappa shape index (κ2) is 8.02. The van der Waals surface area contributed by atoms with E-state index in [-0.39, 0.29) is 12.2 Å². The molecule has 0 aromatic heterocycles. The van der Waals surface area contributed by atoms with Gasteiger partial charge in [-0.05, 0) is 49.4 Å². The molecular formula is C17H26ClNO2. The van der Waals surface area contributed by atoms with Crippen LogP contribution < -0.4 is 10.1 Å². The van der Waals surface area contributed by atoms with Gasteiger partial charge in [0.1, 0.15) is 11.9 Å². The Hall–Kier alpha value is -0.770. The fraction of sp³-hybridized carbons (Fsp3) is 0.647. The van der Waals surface area contributed by atoms with E-state index in [0.29, 0.717) is 16.7 Å². The van der Waals surface area contributed by atoms with E-state index in [1.165, 1.54) is 0 Å². The van der Waals surface area contributed by atoms with Gasteiger partial charge in [0.25, 0.3) is 0 Å². The number of hydrogen-bond acceptors (Lipinski definition) is 3. The van der Waals surface area contributed by atoms with Crippen molar-refractivity contribution in [1.29, 1.82) is 0 Å². The lowest BCUT2D eigenvalue weighted by atomic mass is 9.95. The van der Waals surface area contributed by atoms with Crippen LogP contribution in [0.3, 0.4) is 0 Å². The molecule has 118 valence electrons. The second-order valence-electron chi connectivity index (χ2n) is 6.30. The Morgan fingerprint density at radius 3 is 2.76 bits per heavy atom. The van der Waals surface area contributed by atoms with Crippen molar-refractivity contribution in [1.82, 2.24) is 5.32 Å². The monoisotopic (exact) mass is 311 g/mol. The summed E-state index contributed by atoms with van der Waals surface area (Å²) in [7, 11) is 0. The van der Waals surface area contributed by atoms with Gasteiger partial charge in [0.2, 0.25) is 0 Å². The summed E-state index contributed by atoms with van der Waals surface area (Å²) in [6.45, 7) is 6.17. The molecule has 0 spiro atoms. The van der Waals surface area contributed by atoms with Gasteiger partial charge < -0.3 is 15.2 Å². The van der Waals surface area contributed by atoms with Gasteiger partial charge in [0.05, 0.1) is 11.1 Å². The van der Waals surface area contributed by atoms with Gasteiger partial charge in [-0.2, -0.15) is 0 Å². The third-order valence-electron chi connectivity index (χ3n) is 3.82. The molecule has 0 radical (unpaired) electrons. The van der Waals surface area contributed by atoms with Crippen LogP contribution in [0.4, 0.5) is 0 Å². The van der Waals surface area contributed by atoms with Crippen LogP contribution in [0, 0.1) is 5.92 Å². The third-order valence-corrected chi connectivity index (χ3v) is 4.12. The Balaban J connectivity index is 1.92. The summed E-state index contributed by atoms with van der Waals surface area (Å²) < 4.78 is 5.89. The maximum Gasteiger partial charge on any atom is 0.138 e. The van der Waals surface area contributed by atoms with E-state index in [2.05, 4.69) is 19.2 Å². The standard InChI is InChI=1S/C17H26ClNO2/c1-12(2)10-19-11-13-7-8-16(14(18)9-13)21-17-6-4-3-5-15(17)20/h7-9,12,15,17,19-20H,3-6,10-11H2,1-2H3. The van der Waals surface area contributed by atoms with Crippen molar-refractivity contribution in [3.8, 4) is 5.75 Å². The lowest BCUT2D eigenvalue weighted by Gasteiger charge is -2.28. The van der Waals surface area contributed by atoms with Crippen LogP contribution in [-0.2, 0) is 6.54 Å². The van der Waals surface area contributed by atoms with E-state index >= 15 is 0 Å². The van der Waals surface area contributed by atoms with E-state index in [0.717, 1.165) is 44.3 Å². The van der Waals surface area contributed by atoms with Gasteiger partial charge in [-0.1, -0.05) is 37.9 Å². The fourth-order valence-electron chi connectivity index (χ4n) is 2.63. The number of rotatable bonds is 6. The van der Waals surface area contributed by atoms with Gasteiger partial charge in [-0.3, -0.25) is 0 Å². The Bertz CT molecular complexity index is 450. The lowest BCUT2D eigenvalue weighted by Crippen LogP contribution is -2.34. The van der Waals surface area contributed by atoms with Gasteiger partial charge in [0, 0.05) is 6.54 Å². The highest BCUT2D eigenvalue weighted by Gasteiger charge is 2.25. The molecular weight excluding hydrogens is 286 g/mol. The summed E-state index contributed by atoms with van der Waals surface area (Å²) in [6.07, 6.45) is 3.41. The Morgan fingerprint density at radius 2 is 2.10 bits per heavy atom. The molecule has 0 amide bonds. The average Bonchev–Trinajstić information content (AvgIpc) is 2.43. The molecule has 2 atom stereocenters. The summed E-state index contributed by atoms with van der Waals surface area (Å²) in [5.41, 5.74) is 1.15. The summed E-state index contributed by atoms with van der Waals surface area (Å²) in [5.74, 6) is 1.31. The molecule has 2 rings (SSSR count). The number of nitrogens with one attached hydrogen (secondary N) is 1. The van der Waals surface area contributed by atoms with E-state index in [4.69, 9.17) is 16.3 Å². The molecule has 0 heterocycles. The summed E-state index contributed by atoms with van der Waals surface area (Å²) in [6, 6.07) is 5.89. The SMILES string of the molecule is CC(C)CNCc1ccc(OC2CCCCC2O)c(Cl)c1. The first-order valence-electron chi connectivity index (χ1n) is 7.90. The van der Waals surface area contributed by atoms with Crippen LogP contribution in [0.1, 0.15) is 45.1 Å². The fourth-order valence-corrected chi connectivity index (χ4v) is 2.88. The molecule has 0 bridgehead atoms. The van der Waals surface area contributed by atoms with Gasteiger partial charge in [-0.25, -0.2) is 0 Å². The maximum absolute atomic E-state index is 9.97. The van der Waals surface area contributed by atoms with Gasteiger partial charge in [0.15, 0.2) is 0 Å². The largest absolute Gasteiger partial charge is 0.486 e. The first kappa shape index (κ1) is 16.6. The highest BCUT2D eigenvalue weighted by molar-refractivity contribution is 6.32. The molecule has 3 nitrogen and oxygen atoms in total. The third kappa shape index (κ3) is 5.17. The highest BCUT2D eigenvalue weighted by Crippen LogP contribution is 2.30. The maximum atomic E-state index is 9.97. The minimum absolute atomic E-state index is 0.124. The molecule has 1 aliphatic rings. The first-order valence-corrected chi connectivity index (χ1v) is 8.28. The summed E-state index contributed by atoms with van der Waals surface area (Å²) in [5, 5.41) is 14.0. The van der Waals surface area contributed by atoms with Crippen molar-refractivity contribution in [2.45, 2.75) is 58.3 Å². The quantitative estimate of drug-likeness (QED) is 0.840. The van der Waals surface area contributed by atoms with Crippen molar-refractivity contribution in [2.24, 2.45) is 5.92 Å². The Morgan fingerprint density at radius 1 is 1.33 bits per heavy atom. The molecule has 1 fully saturated rings. The summed E-state index contributed by atoms with van der Waals surface area (Å²) >= 11 is 6.30. The Kier molecular flexibility index (Phi) is 6.34. The molecule has 21 heavy (non-hydrogen) atoms. The average molecular weight is 312 g/mol. The molecule has 1 aliphatic carbocycles. The van der Waals surface area contributed by atoms with E-state index < -0.39 is 0 Å². The second-order valence-corrected chi connectivity index (χ2v) is 6.70. The predicted molar refractivity (Wildman–Crippen MR) is 86.9 cm³/mol. The molecule has 1 aromatic carbocycles. The highest BCUT2D eigenvalue weighted by atomic mass is 35.5. The van der Waals surface area contributed by atoms with Crippen LogP contribution in [0.2, 0.25) is 5.02 Å². The van der Waals surface area contributed by atoms with Crippen molar-refractivity contribution in [3.63, 3.8) is 0 Å². The minimum Gasteiger partial charge on any atom is -0.486 e. The topological polar surface area (TPSA) is 41.5 Å². The van der Waals surface area contributed by atoms with Gasteiger partial charge >= 0.3 is 0 Å². The number of aliphatic hydroxyl groups is 1. The summed E-state index contributed by atoms with van der Waals surface area (Å²) in [4.78, 5) is 0. The van der Waals surface area contributed by atoms with Crippen molar-refractivity contribution in [2.75, 3.05) is 6.54 Å². The molecule has 0 aliphatic heterocycles. The molecule has 2 unspecified atom stereocenters. The van der Waals surface area contributed by atoms with Crippen molar-refractivity contribution >= 4 is 11.6 Å². The van der Waals surface area contributed by atoms with Crippen molar-refractivity contribution in [3.05, 3.63) is 28.8 Å². The number of halogens is 1. The number of hydrogen-bond donors (Lipinski definition) is 2. The van der Waals surface area contributed by atoms with Crippen LogP contribution >= 0.6 is 11.6 Å². The van der Waals surface area contributed by atoms with Crippen molar-refractivity contribution < 1.29 is 9.84 Å². The number of benzene rings is 1. The minimum atomic E-state index is -0.373. The normalized spacial score (nSPS) is 22.5. The smallest absolute Gasteiger partial charge is 0.138 e. The predicted octanol–water partition coefficient (Wildman–Crippen LogP) is 3.77. The number of ether oxygens (including phenoxy) is 1. The zero-order valence-electron chi connectivity index (χ0n) is 12.9. The number of aliphatic hydroxyl groups excluding tert-OH is 1. The molecule has 1 aromatic rings. The van der Waals surface area contributed by atoms with E-state index in [1.807, 2.05) is 18.2 Å². The van der Waals surface area contributed by atoms with Crippen LogP contribution in [-0.4, -0.2) is 23.9 Å². The van der Waals surface area contributed by atoms with Crippen LogP contribution in [0.25, 0.3) is 0 Å². The molecule has 0 saturated heterocycles. The zero-order chi connectivity index (χ0) is 15.2. The Labute approximate surface area is 132 Å². The lowest BCUT2D eigenvalue weighted by molar-refractivity contribution is 0.00692. The van der Waals surface area contributed by atoms with Crippen LogP contribution in [0.5, 0.6) is 5.75 Å². The van der Waals surface area contributed by atoms with E-state index in [9.17, 15) is 5.11 Å². The first-order chi connectivity index (χ1) is 10.1. The zero-order valence-corrected chi connectivity index (χ0v) is 13.7. The van der Waals surface area contributed by atoms with Crippen LogP contribution in [0.15, 0.2) is 18.2 Å². The van der Waals surface area contributed by atoms with Gasteiger partial charge in [-0.15, -0.1) is 0 Å². The molecule has 4 heteroatoms. The van der Waals surface area contributed by atoms with E-state index in [1.54, 1.807) is 0 Å². The molecule has 2 N–H and O–H groups in total. The molecule has 1 saturated carbocycles.